The molecular formula is C12H13NO3. The van der Waals surface area contributed by atoms with Crippen LogP contribution in [0.4, 0.5) is 5.69 Å². The number of ether oxygens (including phenoxy) is 1. The van der Waals surface area contributed by atoms with E-state index in [0.717, 1.165) is 19.3 Å². The number of aromatic hydroxyl groups is 1. The largest absolute Gasteiger partial charge is 0.506 e. The van der Waals surface area contributed by atoms with Crippen molar-refractivity contribution < 1.29 is 14.6 Å². The molecule has 4 heteroatoms. The molecule has 0 aromatic heterocycles. The Balaban J connectivity index is 2.00. The van der Waals surface area contributed by atoms with Gasteiger partial charge in [-0.25, -0.2) is 0 Å². The van der Waals surface area contributed by atoms with E-state index < -0.39 is 0 Å². The van der Waals surface area contributed by atoms with Crippen molar-refractivity contribution in [3.63, 3.8) is 0 Å². The van der Waals surface area contributed by atoms with Crippen LogP contribution in [0.2, 0.25) is 0 Å². The van der Waals surface area contributed by atoms with E-state index in [1.807, 2.05) is 0 Å². The molecule has 3 rings (SSSR count). The molecule has 2 aliphatic rings. The van der Waals surface area contributed by atoms with Crippen molar-refractivity contribution in [1.82, 2.24) is 0 Å². The Morgan fingerprint density at radius 2 is 2.19 bits per heavy atom. The van der Waals surface area contributed by atoms with Crippen LogP contribution in [0.25, 0.3) is 0 Å². The first-order chi connectivity index (χ1) is 7.71. The summed E-state index contributed by atoms with van der Waals surface area (Å²) >= 11 is 0. The van der Waals surface area contributed by atoms with Gasteiger partial charge in [-0.2, -0.15) is 0 Å². The fraction of sp³-hybridized carbons (Fsp3) is 0.417. The molecule has 0 atom stereocenters. The molecule has 1 spiro atoms. The molecule has 1 aliphatic carbocycles. The maximum atomic E-state index is 12.0. The van der Waals surface area contributed by atoms with Crippen LogP contribution in [0.3, 0.4) is 0 Å². The van der Waals surface area contributed by atoms with Gasteiger partial charge in [0.1, 0.15) is 23.8 Å². The highest BCUT2D eigenvalue weighted by atomic mass is 16.5. The molecule has 1 amide bonds. The molecule has 2 N–H and O–H groups in total. The predicted molar refractivity (Wildman–Crippen MR) is 58.5 cm³/mol. The van der Waals surface area contributed by atoms with Crippen molar-refractivity contribution >= 4 is 11.6 Å². The summed E-state index contributed by atoms with van der Waals surface area (Å²) in [6.07, 6.45) is 2.81. The van der Waals surface area contributed by atoms with E-state index >= 15 is 0 Å². The van der Waals surface area contributed by atoms with Crippen LogP contribution < -0.4 is 10.1 Å². The van der Waals surface area contributed by atoms with Crippen molar-refractivity contribution in [3.05, 3.63) is 18.2 Å². The van der Waals surface area contributed by atoms with Gasteiger partial charge >= 0.3 is 0 Å². The monoisotopic (exact) mass is 219 g/mol. The van der Waals surface area contributed by atoms with Crippen molar-refractivity contribution in [2.75, 3.05) is 11.9 Å². The number of carbonyl (C=O) groups is 1. The molecule has 0 saturated heterocycles. The lowest BCUT2D eigenvalue weighted by atomic mass is 9.69. The number of fused-ring (bicyclic) bond motifs is 1. The lowest BCUT2D eigenvalue weighted by Crippen LogP contribution is -2.45. The Bertz CT molecular complexity index is 452. The third-order valence-corrected chi connectivity index (χ3v) is 3.54. The molecule has 1 fully saturated rings. The van der Waals surface area contributed by atoms with E-state index in [9.17, 15) is 9.90 Å². The molecule has 84 valence electrons. The molecule has 0 radical (unpaired) electrons. The highest BCUT2D eigenvalue weighted by molar-refractivity contribution is 5.99. The Labute approximate surface area is 93.2 Å². The first kappa shape index (κ1) is 9.51. The first-order valence-corrected chi connectivity index (χ1v) is 5.48. The average molecular weight is 219 g/mol. The number of hydrogen-bond acceptors (Lipinski definition) is 3. The van der Waals surface area contributed by atoms with Crippen LogP contribution in [0.5, 0.6) is 11.5 Å². The maximum absolute atomic E-state index is 12.0. The molecule has 1 aromatic carbocycles. The summed E-state index contributed by atoms with van der Waals surface area (Å²) in [4.78, 5) is 12.0. The molecule has 16 heavy (non-hydrogen) atoms. The van der Waals surface area contributed by atoms with E-state index in [2.05, 4.69) is 5.32 Å². The van der Waals surface area contributed by atoms with Gasteiger partial charge in [0.05, 0.1) is 5.41 Å². The van der Waals surface area contributed by atoms with E-state index in [0.29, 0.717) is 18.0 Å². The molecule has 1 aromatic rings. The van der Waals surface area contributed by atoms with Crippen LogP contribution in [0, 0.1) is 5.41 Å². The number of benzene rings is 1. The lowest BCUT2D eigenvalue weighted by molar-refractivity contribution is -0.132. The zero-order chi connectivity index (χ0) is 11.2. The van der Waals surface area contributed by atoms with Gasteiger partial charge in [0.25, 0.3) is 0 Å². The van der Waals surface area contributed by atoms with Crippen molar-refractivity contribution in [1.29, 1.82) is 0 Å². The number of rotatable bonds is 0. The number of carbonyl (C=O) groups excluding carboxylic acids is 1. The van der Waals surface area contributed by atoms with Crippen molar-refractivity contribution in [2.45, 2.75) is 19.3 Å². The molecule has 0 unspecified atom stereocenters. The van der Waals surface area contributed by atoms with Gasteiger partial charge in [-0.15, -0.1) is 0 Å². The average Bonchev–Trinajstić information content (AvgIpc) is 2.35. The SMILES string of the molecule is O=C1Nc2c(O)cccc2OCC12CCC2. The molecule has 0 bridgehead atoms. The zero-order valence-electron chi connectivity index (χ0n) is 8.82. The van der Waals surface area contributed by atoms with Gasteiger partial charge < -0.3 is 15.2 Å². The second-order valence-electron chi connectivity index (χ2n) is 4.53. The molecule has 1 aliphatic heterocycles. The van der Waals surface area contributed by atoms with Crippen LogP contribution in [0.15, 0.2) is 18.2 Å². The Morgan fingerprint density at radius 3 is 2.88 bits per heavy atom. The van der Waals surface area contributed by atoms with E-state index in [1.54, 1.807) is 18.2 Å². The number of anilines is 1. The summed E-state index contributed by atoms with van der Waals surface area (Å²) in [5.41, 5.74) is 0.0297. The van der Waals surface area contributed by atoms with Crippen LogP contribution in [0.1, 0.15) is 19.3 Å². The number of para-hydroxylation sites is 1. The molecule has 1 saturated carbocycles. The Kier molecular flexibility index (Phi) is 1.87. The second kappa shape index (κ2) is 3.14. The smallest absolute Gasteiger partial charge is 0.234 e. The van der Waals surface area contributed by atoms with Gasteiger partial charge in [-0.05, 0) is 25.0 Å². The fourth-order valence-corrected chi connectivity index (χ4v) is 2.27. The summed E-state index contributed by atoms with van der Waals surface area (Å²) in [6, 6.07) is 5.01. The summed E-state index contributed by atoms with van der Waals surface area (Å²) in [7, 11) is 0. The minimum absolute atomic E-state index is 0.0287. The summed E-state index contributed by atoms with van der Waals surface area (Å²) in [6.45, 7) is 0.412. The molecular weight excluding hydrogens is 206 g/mol. The van der Waals surface area contributed by atoms with Gasteiger partial charge in [-0.3, -0.25) is 4.79 Å². The predicted octanol–water partition coefficient (Wildman–Crippen LogP) is 1.89. The van der Waals surface area contributed by atoms with E-state index in [4.69, 9.17) is 4.74 Å². The molecule has 1 heterocycles. The van der Waals surface area contributed by atoms with Gasteiger partial charge in [-0.1, -0.05) is 12.5 Å². The number of phenols is 1. The number of hydrogen-bond donors (Lipinski definition) is 2. The zero-order valence-corrected chi connectivity index (χ0v) is 8.82. The first-order valence-electron chi connectivity index (χ1n) is 5.48. The Hall–Kier alpha value is -1.71. The van der Waals surface area contributed by atoms with Crippen LogP contribution in [-0.2, 0) is 4.79 Å². The van der Waals surface area contributed by atoms with Gasteiger partial charge in [0.2, 0.25) is 5.91 Å². The lowest BCUT2D eigenvalue weighted by Gasteiger charge is -2.37. The summed E-state index contributed by atoms with van der Waals surface area (Å²) in [5, 5.41) is 12.4. The third kappa shape index (κ3) is 1.19. The van der Waals surface area contributed by atoms with Gasteiger partial charge in [0.15, 0.2) is 0 Å². The Morgan fingerprint density at radius 1 is 1.38 bits per heavy atom. The van der Waals surface area contributed by atoms with Crippen molar-refractivity contribution in [3.8, 4) is 11.5 Å². The summed E-state index contributed by atoms with van der Waals surface area (Å²) in [5.74, 6) is 0.582. The summed E-state index contributed by atoms with van der Waals surface area (Å²) < 4.78 is 5.61. The van der Waals surface area contributed by atoms with Crippen LogP contribution in [-0.4, -0.2) is 17.6 Å². The number of phenolic OH excluding ortho intramolecular Hbond substituents is 1. The van der Waals surface area contributed by atoms with E-state index in [1.165, 1.54) is 0 Å². The fourth-order valence-electron chi connectivity index (χ4n) is 2.27. The van der Waals surface area contributed by atoms with E-state index in [-0.39, 0.29) is 17.1 Å². The molecule has 4 nitrogen and oxygen atoms in total. The maximum Gasteiger partial charge on any atom is 0.234 e. The standard InChI is InChI=1S/C12H13NO3/c14-8-3-1-4-9-10(8)13-11(15)12(7-16-9)5-2-6-12/h1,3-4,14H,2,5-7H2,(H,13,15). The highest BCUT2D eigenvalue weighted by Crippen LogP contribution is 2.46. The normalized spacial score (nSPS) is 21.4. The minimum atomic E-state index is -0.370. The quantitative estimate of drug-likeness (QED) is 0.655. The number of amides is 1. The topological polar surface area (TPSA) is 58.6 Å². The van der Waals surface area contributed by atoms with Crippen LogP contribution >= 0.6 is 0 Å². The highest BCUT2D eigenvalue weighted by Gasteiger charge is 2.46. The number of nitrogens with one attached hydrogen (secondary N) is 1. The van der Waals surface area contributed by atoms with Gasteiger partial charge in [0, 0.05) is 0 Å². The minimum Gasteiger partial charge on any atom is -0.506 e. The second-order valence-corrected chi connectivity index (χ2v) is 4.53. The van der Waals surface area contributed by atoms with Crippen molar-refractivity contribution in [2.24, 2.45) is 5.41 Å². The third-order valence-electron chi connectivity index (χ3n) is 3.54.